The lowest BCUT2D eigenvalue weighted by Crippen LogP contribution is -2.50. The third kappa shape index (κ3) is 4.62. The van der Waals surface area contributed by atoms with Crippen LogP contribution in [0.5, 0.6) is 0 Å². The van der Waals surface area contributed by atoms with Crippen LogP contribution in [0.2, 0.25) is 0 Å². The summed E-state index contributed by atoms with van der Waals surface area (Å²) in [4.78, 5) is 37.9. The van der Waals surface area contributed by atoms with E-state index in [4.69, 9.17) is 0 Å². The summed E-state index contributed by atoms with van der Waals surface area (Å²) in [5, 5.41) is 3.98. The van der Waals surface area contributed by atoms with Crippen LogP contribution in [0.25, 0.3) is 0 Å². The second-order valence-corrected chi connectivity index (χ2v) is 8.10. The second kappa shape index (κ2) is 8.44. The first-order valence-electron chi connectivity index (χ1n) is 9.42. The highest BCUT2D eigenvalue weighted by atomic mass is 32.1. The lowest BCUT2D eigenvalue weighted by atomic mass is 10.2. The molecule has 2 aromatic heterocycles. The molecule has 1 aliphatic rings. The number of piperazine rings is 1. The molecule has 1 N–H and O–H groups in total. The van der Waals surface area contributed by atoms with Crippen molar-refractivity contribution >= 4 is 28.2 Å². The molecule has 4 rings (SSSR count). The highest BCUT2D eigenvalue weighted by Crippen LogP contribution is 2.23. The molecule has 1 aliphatic heterocycles. The van der Waals surface area contributed by atoms with Crippen LogP contribution in [0.3, 0.4) is 0 Å². The molecule has 3 aromatic rings. The van der Waals surface area contributed by atoms with E-state index >= 15 is 0 Å². The zero-order chi connectivity index (χ0) is 20.2. The summed E-state index contributed by atoms with van der Waals surface area (Å²) < 4.78 is 1.53. The molecule has 1 saturated heterocycles. The number of thiazole rings is 1. The van der Waals surface area contributed by atoms with Crippen molar-refractivity contribution in [2.45, 2.75) is 13.5 Å². The van der Waals surface area contributed by atoms with Crippen molar-refractivity contribution in [1.29, 1.82) is 0 Å². The Labute approximate surface area is 172 Å². The van der Waals surface area contributed by atoms with Crippen molar-refractivity contribution in [3.8, 4) is 0 Å². The van der Waals surface area contributed by atoms with Gasteiger partial charge in [0.2, 0.25) is 0 Å². The van der Waals surface area contributed by atoms with Crippen LogP contribution < -0.4 is 15.9 Å². The number of nitrogens with zero attached hydrogens (tertiary/aromatic N) is 5. The Morgan fingerprint density at radius 2 is 2.00 bits per heavy atom. The fourth-order valence-corrected chi connectivity index (χ4v) is 4.05. The first kappa shape index (κ1) is 19.1. The number of carbonyl (C=O) groups excluding carboxylic acids is 1. The minimum atomic E-state index is -0.296. The maximum atomic E-state index is 12.7. The number of aromatic nitrogens is 3. The van der Waals surface area contributed by atoms with Crippen LogP contribution in [0, 0.1) is 6.92 Å². The monoisotopic (exact) mass is 410 g/mol. The molecule has 3 heterocycles. The van der Waals surface area contributed by atoms with E-state index in [1.165, 1.54) is 15.6 Å². The molecule has 0 atom stereocenters. The van der Waals surface area contributed by atoms with Crippen LogP contribution in [0.1, 0.15) is 10.4 Å². The van der Waals surface area contributed by atoms with Crippen molar-refractivity contribution in [3.05, 3.63) is 69.8 Å². The van der Waals surface area contributed by atoms with Crippen LogP contribution in [-0.4, -0.2) is 51.6 Å². The molecule has 2 amide bonds. The summed E-state index contributed by atoms with van der Waals surface area (Å²) in [7, 11) is 0. The van der Waals surface area contributed by atoms with E-state index in [0.717, 1.165) is 23.8 Å². The zero-order valence-electron chi connectivity index (χ0n) is 16.1. The van der Waals surface area contributed by atoms with Gasteiger partial charge in [0.05, 0.1) is 6.54 Å². The molecule has 0 aliphatic carbocycles. The van der Waals surface area contributed by atoms with Gasteiger partial charge in [-0.05, 0) is 30.7 Å². The van der Waals surface area contributed by atoms with Gasteiger partial charge in [-0.25, -0.2) is 19.6 Å². The van der Waals surface area contributed by atoms with E-state index in [9.17, 15) is 9.59 Å². The van der Waals surface area contributed by atoms with Crippen molar-refractivity contribution in [2.24, 2.45) is 0 Å². The Morgan fingerprint density at radius 3 is 2.72 bits per heavy atom. The number of rotatable bonds is 4. The molecular formula is C20H22N6O2S. The minimum Gasteiger partial charge on any atom is -0.345 e. The molecule has 1 aromatic carbocycles. The number of carbonyl (C=O) groups is 1. The lowest BCUT2D eigenvalue weighted by Gasteiger charge is -2.34. The van der Waals surface area contributed by atoms with E-state index in [0.29, 0.717) is 25.3 Å². The highest BCUT2D eigenvalue weighted by molar-refractivity contribution is 7.15. The topological polar surface area (TPSA) is 83.4 Å². The van der Waals surface area contributed by atoms with Crippen molar-refractivity contribution < 1.29 is 4.79 Å². The van der Waals surface area contributed by atoms with Crippen LogP contribution >= 0.6 is 11.3 Å². The highest BCUT2D eigenvalue weighted by Gasteiger charge is 2.22. The molecular weight excluding hydrogens is 388 g/mol. The van der Waals surface area contributed by atoms with Gasteiger partial charge in [0, 0.05) is 55.3 Å². The van der Waals surface area contributed by atoms with Crippen LogP contribution in [-0.2, 0) is 6.54 Å². The quantitative estimate of drug-likeness (QED) is 0.714. The number of amides is 2. The number of aryl methyl sites for hydroxylation is 1. The maximum Gasteiger partial charge on any atom is 0.347 e. The predicted octanol–water partition coefficient (Wildman–Crippen LogP) is 2.41. The Morgan fingerprint density at radius 1 is 1.17 bits per heavy atom. The van der Waals surface area contributed by atoms with E-state index in [1.54, 1.807) is 23.6 Å². The Kier molecular flexibility index (Phi) is 5.57. The van der Waals surface area contributed by atoms with Gasteiger partial charge in [0.1, 0.15) is 0 Å². The molecule has 9 heteroatoms. The minimum absolute atomic E-state index is 0.115. The Hall–Kier alpha value is -3.20. The zero-order valence-corrected chi connectivity index (χ0v) is 16.9. The van der Waals surface area contributed by atoms with Gasteiger partial charge in [-0.3, -0.25) is 4.57 Å². The average molecular weight is 411 g/mol. The average Bonchev–Trinajstić information content (AvgIpc) is 3.16. The fraction of sp³-hybridized carbons (Fsp3) is 0.300. The summed E-state index contributed by atoms with van der Waals surface area (Å²) in [6.45, 7) is 5.28. The maximum absolute atomic E-state index is 12.7. The number of nitrogens with one attached hydrogen (secondary N) is 1. The number of benzene rings is 1. The molecule has 0 radical (unpaired) electrons. The summed E-state index contributed by atoms with van der Waals surface area (Å²) in [6.07, 6.45) is 5.06. The largest absolute Gasteiger partial charge is 0.347 e. The van der Waals surface area contributed by atoms with E-state index in [1.807, 2.05) is 42.3 Å². The van der Waals surface area contributed by atoms with Crippen LogP contribution in [0.15, 0.2) is 53.7 Å². The van der Waals surface area contributed by atoms with Gasteiger partial charge in [0.15, 0.2) is 5.13 Å². The SMILES string of the molecule is Cc1cnc(N2CCN(C(=O)Nc3cccc(Cn4cccnc4=O)c3)CC2)s1. The smallest absolute Gasteiger partial charge is 0.345 e. The van der Waals surface area contributed by atoms with Gasteiger partial charge in [-0.2, -0.15) is 0 Å². The summed E-state index contributed by atoms with van der Waals surface area (Å²) >= 11 is 1.68. The van der Waals surface area contributed by atoms with Gasteiger partial charge in [-0.15, -0.1) is 11.3 Å². The second-order valence-electron chi connectivity index (χ2n) is 6.89. The van der Waals surface area contributed by atoms with E-state index in [2.05, 4.69) is 20.2 Å². The normalized spacial score (nSPS) is 14.1. The van der Waals surface area contributed by atoms with E-state index < -0.39 is 0 Å². The molecule has 0 unspecified atom stereocenters. The fourth-order valence-electron chi connectivity index (χ4n) is 3.24. The Balaban J connectivity index is 1.35. The van der Waals surface area contributed by atoms with Gasteiger partial charge < -0.3 is 15.1 Å². The molecule has 8 nitrogen and oxygen atoms in total. The number of anilines is 2. The van der Waals surface area contributed by atoms with Crippen LogP contribution in [0.4, 0.5) is 15.6 Å². The lowest BCUT2D eigenvalue weighted by molar-refractivity contribution is 0.208. The van der Waals surface area contributed by atoms with Gasteiger partial charge in [0.25, 0.3) is 0 Å². The number of hydrogen-bond acceptors (Lipinski definition) is 6. The van der Waals surface area contributed by atoms with Gasteiger partial charge >= 0.3 is 11.7 Å². The number of urea groups is 1. The standard InChI is InChI=1S/C20H22N6O2S/c1-15-13-22-20(29-15)25-10-8-24(9-11-25)19(28)23-17-5-2-4-16(12-17)14-26-7-3-6-21-18(26)27/h2-7,12-13H,8-11,14H2,1H3,(H,23,28). The summed E-state index contributed by atoms with van der Waals surface area (Å²) in [5.74, 6) is 0. The van der Waals surface area contributed by atoms with E-state index in [-0.39, 0.29) is 11.7 Å². The molecule has 1 fully saturated rings. The number of hydrogen-bond donors (Lipinski definition) is 1. The first-order chi connectivity index (χ1) is 14.1. The molecule has 150 valence electrons. The predicted molar refractivity (Wildman–Crippen MR) is 114 cm³/mol. The third-order valence-electron chi connectivity index (χ3n) is 4.76. The molecule has 0 saturated carbocycles. The molecule has 0 spiro atoms. The molecule has 0 bridgehead atoms. The first-order valence-corrected chi connectivity index (χ1v) is 10.2. The third-order valence-corrected chi connectivity index (χ3v) is 5.73. The van der Waals surface area contributed by atoms with Crippen molar-refractivity contribution in [1.82, 2.24) is 19.4 Å². The van der Waals surface area contributed by atoms with Crippen molar-refractivity contribution in [3.63, 3.8) is 0 Å². The molecule has 29 heavy (non-hydrogen) atoms. The van der Waals surface area contributed by atoms with Crippen molar-refractivity contribution in [2.75, 3.05) is 36.4 Å². The summed E-state index contributed by atoms with van der Waals surface area (Å²) in [6, 6.07) is 9.13. The van der Waals surface area contributed by atoms with Gasteiger partial charge in [-0.1, -0.05) is 12.1 Å². The Bertz CT molecular complexity index is 1050. The summed E-state index contributed by atoms with van der Waals surface area (Å²) in [5.41, 5.74) is 1.33.